The first-order valence-electron chi connectivity index (χ1n) is 10.8. The van der Waals surface area contributed by atoms with Crippen LogP contribution in [0, 0.1) is 0 Å². The van der Waals surface area contributed by atoms with Crippen LogP contribution in [0.5, 0.6) is 5.75 Å². The number of allylic oxidation sites excluding steroid dienone is 1. The van der Waals surface area contributed by atoms with E-state index in [9.17, 15) is 9.59 Å². The third kappa shape index (κ3) is 5.12. The molecule has 0 fully saturated rings. The molecule has 180 valence electrons. The zero-order valence-electron chi connectivity index (χ0n) is 19.1. The maximum absolute atomic E-state index is 13.7. The molecule has 0 N–H and O–H groups in total. The second-order valence-corrected chi connectivity index (χ2v) is 10.3. The highest BCUT2D eigenvalue weighted by Crippen LogP contribution is 2.35. The van der Waals surface area contributed by atoms with Gasteiger partial charge in [0.1, 0.15) is 12.4 Å². The van der Waals surface area contributed by atoms with E-state index in [0.717, 1.165) is 20.1 Å². The van der Waals surface area contributed by atoms with E-state index in [2.05, 4.69) is 43.4 Å². The summed E-state index contributed by atoms with van der Waals surface area (Å²) in [6, 6.07) is 12.6. The average molecular weight is 618 g/mol. The Hall–Kier alpha value is -2.75. The molecule has 0 aliphatic carbocycles. The van der Waals surface area contributed by atoms with Gasteiger partial charge in [0.15, 0.2) is 4.80 Å². The van der Waals surface area contributed by atoms with E-state index in [1.807, 2.05) is 48.5 Å². The number of thiazole rings is 1. The van der Waals surface area contributed by atoms with Crippen molar-refractivity contribution in [2.75, 3.05) is 13.2 Å². The fraction of sp³-hybridized carbons (Fsp3) is 0.192. The van der Waals surface area contributed by atoms with Crippen LogP contribution in [-0.2, 0) is 9.53 Å². The quantitative estimate of drug-likeness (QED) is 0.280. The molecule has 0 amide bonds. The predicted molar refractivity (Wildman–Crippen MR) is 144 cm³/mol. The van der Waals surface area contributed by atoms with E-state index < -0.39 is 12.0 Å². The number of hydrogen-bond donors (Lipinski definition) is 0. The molecular weight excluding hydrogens is 596 g/mol. The van der Waals surface area contributed by atoms with Crippen molar-refractivity contribution < 1.29 is 14.3 Å². The topological polar surface area (TPSA) is 69.9 Å². The summed E-state index contributed by atoms with van der Waals surface area (Å²) in [5, 5.41) is 0. The molecule has 1 aliphatic heterocycles. The molecule has 0 bridgehead atoms. The minimum atomic E-state index is -0.623. The summed E-state index contributed by atoms with van der Waals surface area (Å²) in [7, 11) is 0. The summed E-state index contributed by atoms with van der Waals surface area (Å²) in [5.74, 6) is 0.183. The molecule has 6 nitrogen and oxygen atoms in total. The summed E-state index contributed by atoms with van der Waals surface area (Å²) in [6.07, 6.45) is 3.48. The van der Waals surface area contributed by atoms with Crippen LogP contribution in [0.25, 0.3) is 6.08 Å². The molecule has 2 aromatic carbocycles. The number of hydrogen-bond acceptors (Lipinski definition) is 6. The summed E-state index contributed by atoms with van der Waals surface area (Å²) in [6.45, 7) is 7.80. The van der Waals surface area contributed by atoms with Crippen LogP contribution in [0.2, 0.25) is 0 Å². The van der Waals surface area contributed by atoms with Gasteiger partial charge in [-0.2, -0.15) is 0 Å². The van der Waals surface area contributed by atoms with Gasteiger partial charge < -0.3 is 9.47 Å². The molecule has 9 heteroatoms. The monoisotopic (exact) mass is 616 g/mol. The standard InChI is InChI=1S/C26H22Br2N2O4S/c1-4-11-34-23-18(27)12-16(13-19(23)28)14-20-24(31)30-22(17-9-7-6-8-10-17)21(25(32)33-5-2)15(3)29-26(30)35-20/h4,6-10,12-14,22H,1,5,11H2,2-3H3/b20-14-/t22-/m0/s1. The molecule has 2 heterocycles. The van der Waals surface area contributed by atoms with Crippen LogP contribution in [0.3, 0.4) is 0 Å². The Morgan fingerprint density at radius 1 is 1.23 bits per heavy atom. The summed E-state index contributed by atoms with van der Waals surface area (Å²) >= 11 is 8.36. The number of esters is 1. The van der Waals surface area contributed by atoms with Crippen LogP contribution in [0.15, 0.2) is 85.1 Å². The van der Waals surface area contributed by atoms with Gasteiger partial charge in [0.25, 0.3) is 5.56 Å². The molecule has 0 unspecified atom stereocenters. The third-order valence-corrected chi connectivity index (χ3v) is 7.46. The molecule has 0 radical (unpaired) electrons. The Morgan fingerprint density at radius 3 is 2.54 bits per heavy atom. The molecule has 1 aliphatic rings. The van der Waals surface area contributed by atoms with E-state index in [4.69, 9.17) is 9.47 Å². The molecule has 1 atom stereocenters. The number of carbonyl (C=O) groups is 1. The van der Waals surface area contributed by atoms with Gasteiger partial charge in [0, 0.05) is 0 Å². The molecule has 35 heavy (non-hydrogen) atoms. The second kappa shape index (κ2) is 10.9. The van der Waals surface area contributed by atoms with Gasteiger partial charge in [0.05, 0.1) is 37.4 Å². The molecule has 1 aromatic heterocycles. The molecule has 0 spiro atoms. The van der Waals surface area contributed by atoms with Gasteiger partial charge in [0.2, 0.25) is 0 Å². The average Bonchev–Trinajstić information content (AvgIpc) is 3.12. The first-order valence-corrected chi connectivity index (χ1v) is 13.2. The zero-order chi connectivity index (χ0) is 25.1. The van der Waals surface area contributed by atoms with Crippen molar-refractivity contribution >= 4 is 55.2 Å². The summed E-state index contributed by atoms with van der Waals surface area (Å²) in [5.41, 5.74) is 2.30. The number of benzene rings is 2. The first kappa shape index (κ1) is 25.3. The molecule has 0 saturated carbocycles. The lowest BCUT2D eigenvalue weighted by Gasteiger charge is -2.24. The van der Waals surface area contributed by atoms with Crippen molar-refractivity contribution in [2.24, 2.45) is 4.99 Å². The minimum absolute atomic E-state index is 0.226. The Balaban J connectivity index is 1.88. The Morgan fingerprint density at radius 2 is 1.91 bits per heavy atom. The molecule has 0 saturated heterocycles. The van der Waals surface area contributed by atoms with Crippen LogP contribution in [-0.4, -0.2) is 23.8 Å². The summed E-state index contributed by atoms with van der Waals surface area (Å²) in [4.78, 5) is 31.7. The highest BCUT2D eigenvalue weighted by atomic mass is 79.9. The Labute approximate surface area is 223 Å². The number of rotatable bonds is 7. The highest BCUT2D eigenvalue weighted by molar-refractivity contribution is 9.11. The fourth-order valence-corrected chi connectivity index (χ4v) is 6.33. The number of ether oxygens (including phenoxy) is 2. The Bertz CT molecular complexity index is 1480. The largest absolute Gasteiger partial charge is 0.487 e. The van der Waals surface area contributed by atoms with Gasteiger partial charge in [-0.25, -0.2) is 9.79 Å². The maximum atomic E-state index is 13.7. The van der Waals surface area contributed by atoms with Gasteiger partial charge >= 0.3 is 5.97 Å². The zero-order valence-corrected chi connectivity index (χ0v) is 23.1. The van der Waals surface area contributed by atoms with Gasteiger partial charge in [-0.3, -0.25) is 9.36 Å². The maximum Gasteiger partial charge on any atom is 0.338 e. The van der Waals surface area contributed by atoms with E-state index in [-0.39, 0.29) is 12.2 Å². The third-order valence-electron chi connectivity index (χ3n) is 5.30. The van der Waals surface area contributed by atoms with Crippen molar-refractivity contribution in [2.45, 2.75) is 19.9 Å². The lowest BCUT2D eigenvalue weighted by Crippen LogP contribution is -2.39. The number of nitrogens with zero attached hydrogens (tertiary/aromatic N) is 2. The van der Waals surface area contributed by atoms with Crippen molar-refractivity contribution in [1.29, 1.82) is 0 Å². The molecular formula is C26H22Br2N2O4S. The van der Waals surface area contributed by atoms with Gasteiger partial charge in [-0.1, -0.05) is 54.3 Å². The lowest BCUT2D eigenvalue weighted by atomic mass is 9.96. The number of carbonyl (C=O) groups excluding carboxylic acids is 1. The van der Waals surface area contributed by atoms with Gasteiger partial charge in [-0.05, 0) is 75.0 Å². The van der Waals surface area contributed by atoms with Crippen molar-refractivity contribution in [3.8, 4) is 5.75 Å². The minimum Gasteiger partial charge on any atom is -0.487 e. The van der Waals surface area contributed by atoms with E-state index in [1.54, 1.807) is 24.5 Å². The summed E-state index contributed by atoms with van der Waals surface area (Å²) < 4.78 is 14.6. The van der Waals surface area contributed by atoms with E-state index in [0.29, 0.717) is 33.0 Å². The van der Waals surface area contributed by atoms with Crippen molar-refractivity contribution in [1.82, 2.24) is 4.57 Å². The van der Waals surface area contributed by atoms with E-state index in [1.165, 1.54) is 11.3 Å². The van der Waals surface area contributed by atoms with Crippen LogP contribution < -0.4 is 19.6 Å². The van der Waals surface area contributed by atoms with Crippen molar-refractivity contribution in [3.05, 3.63) is 106 Å². The normalized spacial score (nSPS) is 15.4. The lowest BCUT2D eigenvalue weighted by molar-refractivity contribution is -0.139. The smallest absolute Gasteiger partial charge is 0.338 e. The Kier molecular flexibility index (Phi) is 7.88. The number of fused-ring (bicyclic) bond motifs is 1. The van der Waals surface area contributed by atoms with E-state index >= 15 is 0 Å². The predicted octanol–water partition coefficient (Wildman–Crippen LogP) is 4.89. The number of halogens is 2. The number of aromatic nitrogens is 1. The van der Waals surface area contributed by atoms with Gasteiger partial charge in [-0.15, -0.1) is 0 Å². The first-order chi connectivity index (χ1) is 16.8. The van der Waals surface area contributed by atoms with Crippen molar-refractivity contribution in [3.63, 3.8) is 0 Å². The molecule has 3 aromatic rings. The second-order valence-electron chi connectivity index (χ2n) is 7.63. The highest BCUT2D eigenvalue weighted by Gasteiger charge is 2.33. The fourth-order valence-electron chi connectivity index (χ4n) is 3.84. The van der Waals surface area contributed by atoms with Crippen LogP contribution >= 0.6 is 43.2 Å². The van der Waals surface area contributed by atoms with Crippen LogP contribution in [0.1, 0.15) is 31.0 Å². The van der Waals surface area contributed by atoms with Crippen LogP contribution in [0.4, 0.5) is 0 Å². The molecule has 4 rings (SSSR count). The SMILES string of the molecule is C=CCOc1c(Br)cc(/C=c2\sc3n(c2=O)[C@@H](c2ccccc2)C(C(=O)OCC)=C(C)N=3)cc1Br.